The number of aromatic nitrogens is 4. The summed E-state index contributed by atoms with van der Waals surface area (Å²) in [5.74, 6) is 1.49. The maximum atomic E-state index is 6.31. The molecule has 6 nitrogen and oxygen atoms in total. The second kappa shape index (κ2) is 7.03. The zero-order valence-corrected chi connectivity index (χ0v) is 15.5. The van der Waals surface area contributed by atoms with Crippen molar-refractivity contribution < 1.29 is 4.74 Å². The molecule has 132 valence electrons. The van der Waals surface area contributed by atoms with E-state index in [4.69, 9.17) is 22.1 Å². The van der Waals surface area contributed by atoms with Crippen LogP contribution < -0.4 is 10.5 Å². The number of fused-ring (bicyclic) bond motifs is 1. The Morgan fingerprint density at radius 1 is 1.12 bits per heavy atom. The van der Waals surface area contributed by atoms with Crippen molar-refractivity contribution >= 4 is 27.9 Å². The minimum atomic E-state index is -0.152. The molecule has 0 spiro atoms. The topological polar surface area (TPSA) is 78.3 Å². The molecule has 4 rings (SSSR count). The largest absolute Gasteiger partial charge is 0.497 e. The molecule has 0 aliphatic carbocycles. The summed E-state index contributed by atoms with van der Waals surface area (Å²) >= 11 is 7.43. The third-order valence-electron chi connectivity index (χ3n) is 4.07. The van der Waals surface area contributed by atoms with E-state index < -0.39 is 0 Å². The van der Waals surface area contributed by atoms with Crippen molar-refractivity contribution in [2.24, 2.45) is 5.73 Å². The molecular formula is C18H16ClN5OS. The van der Waals surface area contributed by atoms with Crippen LogP contribution in [0.5, 0.6) is 5.75 Å². The maximum absolute atomic E-state index is 6.31. The number of benzene rings is 2. The molecule has 0 aliphatic heterocycles. The van der Waals surface area contributed by atoms with Gasteiger partial charge in [-0.15, -0.1) is 10.2 Å². The molecule has 2 aromatic heterocycles. The molecule has 8 heteroatoms. The monoisotopic (exact) mass is 385 g/mol. The SMILES string of the molecule is COc1ccc(-c2nnc3sc(CC(N)c4ccc(Cl)cc4)nn23)cc1. The molecular weight excluding hydrogens is 370 g/mol. The number of nitrogens with two attached hydrogens (primary N) is 1. The number of hydrogen-bond donors (Lipinski definition) is 1. The molecule has 26 heavy (non-hydrogen) atoms. The van der Waals surface area contributed by atoms with Gasteiger partial charge in [-0.3, -0.25) is 0 Å². The summed E-state index contributed by atoms with van der Waals surface area (Å²) in [6, 6.07) is 15.1. The van der Waals surface area contributed by atoms with Crippen molar-refractivity contribution in [2.75, 3.05) is 7.11 Å². The Balaban J connectivity index is 1.59. The summed E-state index contributed by atoms with van der Waals surface area (Å²) in [4.78, 5) is 0.745. The van der Waals surface area contributed by atoms with E-state index in [9.17, 15) is 0 Å². The minimum Gasteiger partial charge on any atom is -0.497 e. The molecule has 1 atom stereocenters. The van der Waals surface area contributed by atoms with Gasteiger partial charge in [0.15, 0.2) is 5.82 Å². The highest BCUT2D eigenvalue weighted by atomic mass is 35.5. The molecule has 0 aliphatic rings. The second-order valence-corrected chi connectivity index (χ2v) is 7.28. The van der Waals surface area contributed by atoms with Gasteiger partial charge in [-0.25, -0.2) is 0 Å². The van der Waals surface area contributed by atoms with Crippen LogP contribution in [0.15, 0.2) is 48.5 Å². The standard InChI is InChI=1S/C18H16ClN5OS/c1-25-14-8-4-12(5-9-14)17-21-22-18-24(17)23-16(26-18)10-15(20)11-2-6-13(19)7-3-11/h2-9,15H,10,20H2,1H3. The Morgan fingerprint density at radius 3 is 2.54 bits per heavy atom. The maximum Gasteiger partial charge on any atom is 0.234 e. The van der Waals surface area contributed by atoms with Gasteiger partial charge in [0, 0.05) is 23.0 Å². The summed E-state index contributed by atoms with van der Waals surface area (Å²) in [6.45, 7) is 0. The van der Waals surface area contributed by atoms with Gasteiger partial charge in [0.05, 0.1) is 7.11 Å². The smallest absolute Gasteiger partial charge is 0.234 e. The number of hydrogen-bond acceptors (Lipinski definition) is 6. The number of rotatable bonds is 5. The number of methoxy groups -OCH3 is 1. The fourth-order valence-electron chi connectivity index (χ4n) is 2.68. The molecule has 2 N–H and O–H groups in total. The Labute approximate surface area is 159 Å². The van der Waals surface area contributed by atoms with Gasteiger partial charge in [-0.2, -0.15) is 9.61 Å². The molecule has 0 radical (unpaired) electrons. The van der Waals surface area contributed by atoms with Gasteiger partial charge < -0.3 is 10.5 Å². The van der Waals surface area contributed by atoms with Crippen LogP contribution in [0, 0.1) is 0 Å². The average Bonchev–Trinajstić information content (AvgIpc) is 3.22. The molecule has 2 aromatic carbocycles. The molecule has 4 aromatic rings. The first-order valence-electron chi connectivity index (χ1n) is 8.00. The highest BCUT2D eigenvalue weighted by Crippen LogP contribution is 2.26. The van der Waals surface area contributed by atoms with E-state index in [0.717, 1.165) is 26.8 Å². The van der Waals surface area contributed by atoms with Crippen molar-refractivity contribution in [3.8, 4) is 17.1 Å². The third kappa shape index (κ3) is 3.29. The van der Waals surface area contributed by atoms with Gasteiger partial charge in [0.25, 0.3) is 0 Å². The zero-order chi connectivity index (χ0) is 18.1. The van der Waals surface area contributed by atoms with Crippen LogP contribution in [0.25, 0.3) is 16.3 Å². The summed E-state index contributed by atoms with van der Waals surface area (Å²) < 4.78 is 6.95. The van der Waals surface area contributed by atoms with Gasteiger partial charge in [0.1, 0.15) is 10.8 Å². The number of nitrogens with zero attached hydrogens (tertiary/aromatic N) is 4. The fourth-order valence-corrected chi connectivity index (χ4v) is 3.69. The van der Waals surface area contributed by atoms with Crippen LogP contribution in [0.4, 0.5) is 0 Å². The average molecular weight is 386 g/mol. The lowest BCUT2D eigenvalue weighted by molar-refractivity contribution is 0.415. The third-order valence-corrected chi connectivity index (χ3v) is 5.25. The molecule has 1 unspecified atom stereocenters. The van der Waals surface area contributed by atoms with Crippen LogP contribution in [0.1, 0.15) is 16.6 Å². The Kier molecular flexibility index (Phi) is 4.58. The van der Waals surface area contributed by atoms with Crippen molar-refractivity contribution in [1.29, 1.82) is 0 Å². The first kappa shape index (κ1) is 17.0. The predicted molar refractivity (Wildman–Crippen MR) is 103 cm³/mol. The highest BCUT2D eigenvalue weighted by molar-refractivity contribution is 7.16. The first-order chi connectivity index (χ1) is 12.6. The Bertz CT molecular complexity index is 1030. The summed E-state index contributed by atoms with van der Waals surface area (Å²) in [5, 5.41) is 14.7. The lowest BCUT2D eigenvalue weighted by Gasteiger charge is -2.09. The summed E-state index contributed by atoms with van der Waals surface area (Å²) in [6.07, 6.45) is 0.623. The molecule has 0 saturated carbocycles. The Morgan fingerprint density at radius 2 is 1.85 bits per heavy atom. The minimum absolute atomic E-state index is 0.152. The van der Waals surface area contributed by atoms with Gasteiger partial charge >= 0.3 is 0 Å². The molecule has 2 heterocycles. The predicted octanol–water partition coefficient (Wildman–Crippen LogP) is 3.76. The fraction of sp³-hybridized carbons (Fsp3) is 0.167. The zero-order valence-electron chi connectivity index (χ0n) is 14.0. The van der Waals surface area contributed by atoms with Crippen LogP contribution in [0.3, 0.4) is 0 Å². The number of ether oxygens (including phenoxy) is 1. The van der Waals surface area contributed by atoms with Crippen LogP contribution in [-0.4, -0.2) is 26.9 Å². The molecule has 0 saturated heterocycles. The Hall–Kier alpha value is -2.48. The van der Waals surface area contributed by atoms with Crippen LogP contribution >= 0.6 is 22.9 Å². The second-order valence-electron chi connectivity index (χ2n) is 5.80. The van der Waals surface area contributed by atoms with E-state index >= 15 is 0 Å². The molecule has 0 amide bonds. The highest BCUT2D eigenvalue weighted by Gasteiger charge is 2.16. The normalized spacial score (nSPS) is 12.4. The quantitative estimate of drug-likeness (QED) is 0.566. The first-order valence-corrected chi connectivity index (χ1v) is 9.20. The number of halogens is 1. The van der Waals surface area contributed by atoms with Crippen molar-refractivity contribution in [2.45, 2.75) is 12.5 Å². The van der Waals surface area contributed by atoms with E-state index in [0.29, 0.717) is 17.3 Å². The van der Waals surface area contributed by atoms with E-state index in [1.54, 1.807) is 11.6 Å². The van der Waals surface area contributed by atoms with Crippen molar-refractivity contribution in [1.82, 2.24) is 19.8 Å². The van der Waals surface area contributed by atoms with Gasteiger partial charge in [-0.05, 0) is 42.0 Å². The van der Waals surface area contributed by atoms with Gasteiger partial charge in [-0.1, -0.05) is 35.1 Å². The molecule has 0 fully saturated rings. The van der Waals surface area contributed by atoms with Crippen LogP contribution in [0.2, 0.25) is 5.02 Å². The molecule has 0 bridgehead atoms. The van der Waals surface area contributed by atoms with Crippen LogP contribution in [-0.2, 0) is 6.42 Å². The summed E-state index contributed by atoms with van der Waals surface area (Å²) in [7, 11) is 1.64. The van der Waals surface area contributed by atoms with E-state index in [1.807, 2.05) is 48.5 Å². The van der Waals surface area contributed by atoms with Crippen molar-refractivity contribution in [3.63, 3.8) is 0 Å². The summed E-state index contributed by atoms with van der Waals surface area (Å²) in [5.41, 5.74) is 8.26. The lowest BCUT2D eigenvalue weighted by Crippen LogP contribution is -2.13. The van der Waals surface area contributed by atoms with Gasteiger partial charge in [0.2, 0.25) is 4.96 Å². The lowest BCUT2D eigenvalue weighted by atomic mass is 10.1. The van der Waals surface area contributed by atoms with Crippen molar-refractivity contribution in [3.05, 3.63) is 64.1 Å². The van der Waals surface area contributed by atoms with E-state index in [-0.39, 0.29) is 6.04 Å². The van der Waals surface area contributed by atoms with E-state index in [1.165, 1.54) is 11.3 Å². The van der Waals surface area contributed by atoms with E-state index in [2.05, 4.69) is 15.3 Å².